The summed E-state index contributed by atoms with van der Waals surface area (Å²) in [6, 6.07) is 0. The molecule has 0 aromatic rings. The predicted molar refractivity (Wildman–Crippen MR) is 111 cm³/mol. The summed E-state index contributed by atoms with van der Waals surface area (Å²) in [5.41, 5.74) is -0.525. The van der Waals surface area contributed by atoms with Crippen LogP contribution in [-0.2, 0) is 33.4 Å². The van der Waals surface area contributed by atoms with Crippen molar-refractivity contribution in [1.29, 1.82) is 0 Å². The summed E-state index contributed by atoms with van der Waals surface area (Å²) in [6.07, 6.45) is 2.16. The number of aliphatic hydroxyl groups is 1. The number of esters is 1. The van der Waals surface area contributed by atoms with Crippen LogP contribution in [0.3, 0.4) is 0 Å². The fourth-order valence-electron chi connectivity index (χ4n) is 2.65. The van der Waals surface area contributed by atoms with Gasteiger partial charge in [-0.15, -0.1) is 0 Å². The van der Waals surface area contributed by atoms with Gasteiger partial charge in [-0.05, 0) is 33.6 Å². The van der Waals surface area contributed by atoms with Crippen LogP contribution in [-0.4, -0.2) is 78.0 Å². The molecule has 0 saturated carbocycles. The maximum Gasteiger partial charge on any atom is 0.305 e. The molecule has 1 rings (SSSR count). The summed E-state index contributed by atoms with van der Waals surface area (Å²) in [7, 11) is 0. The number of nitrogens with one attached hydrogen (secondary N) is 1. The third-order valence-electron chi connectivity index (χ3n) is 4.21. The number of rotatable bonds is 14. The maximum atomic E-state index is 12.0. The quantitative estimate of drug-likeness (QED) is 0.228. The Morgan fingerprint density at radius 2 is 1.81 bits per heavy atom. The molecule has 2 N–H and O–H groups in total. The van der Waals surface area contributed by atoms with Gasteiger partial charge in [0.2, 0.25) is 5.91 Å². The molecule has 2 unspecified atom stereocenters. The van der Waals surface area contributed by atoms with Gasteiger partial charge in [-0.3, -0.25) is 24.1 Å². The Labute approximate surface area is 182 Å². The smallest absolute Gasteiger partial charge is 0.305 e. The van der Waals surface area contributed by atoms with E-state index in [1.54, 1.807) is 0 Å². The molecular formula is C21H34N2O8. The summed E-state index contributed by atoms with van der Waals surface area (Å²) in [5.74, 6) is -1.57. The first kappa shape index (κ1) is 26.7. The Kier molecular flexibility index (Phi) is 11.4. The standard InChI is InChI=1S/C21H34N2O8/c1-5-15(13-24)30-20(31-21(2,3)4)14-29-19(28)8-6-7-16(25)22-11-12-23-17(26)9-10-18(23)27/h9-10,15,20,24H,5-8,11-14H2,1-4H3,(H,22,25). The highest BCUT2D eigenvalue weighted by Crippen LogP contribution is 2.15. The van der Waals surface area contributed by atoms with Gasteiger partial charge in [-0.2, -0.15) is 0 Å². The van der Waals surface area contributed by atoms with Gasteiger partial charge in [-0.25, -0.2) is 0 Å². The van der Waals surface area contributed by atoms with Crippen LogP contribution in [0.5, 0.6) is 0 Å². The topological polar surface area (TPSA) is 131 Å². The molecule has 2 atom stereocenters. The molecule has 10 nitrogen and oxygen atoms in total. The zero-order chi connectivity index (χ0) is 23.4. The minimum atomic E-state index is -0.810. The molecule has 1 heterocycles. The van der Waals surface area contributed by atoms with Crippen LogP contribution in [0.1, 0.15) is 53.4 Å². The molecule has 0 spiro atoms. The van der Waals surface area contributed by atoms with Gasteiger partial charge < -0.3 is 24.6 Å². The lowest BCUT2D eigenvalue weighted by atomic mass is 10.2. The van der Waals surface area contributed by atoms with Gasteiger partial charge in [0.05, 0.1) is 18.3 Å². The number of hydrogen-bond donors (Lipinski definition) is 2. The van der Waals surface area contributed by atoms with E-state index >= 15 is 0 Å². The minimum absolute atomic E-state index is 0.0415. The molecular weight excluding hydrogens is 408 g/mol. The van der Waals surface area contributed by atoms with Crippen LogP contribution in [0.2, 0.25) is 0 Å². The number of carbonyl (C=O) groups excluding carboxylic acids is 4. The Hall–Kier alpha value is -2.30. The summed E-state index contributed by atoms with van der Waals surface area (Å²) < 4.78 is 16.6. The highest BCUT2D eigenvalue weighted by atomic mass is 16.7. The van der Waals surface area contributed by atoms with Crippen molar-refractivity contribution < 1.29 is 38.5 Å². The number of nitrogens with zero attached hydrogens (tertiary/aromatic N) is 1. The maximum absolute atomic E-state index is 12.0. The Balaban J connectivity index is 2.27. The number of ether oxygens (including phenoxy) is 3. The molecule has 0 bridgehead atoms. The van der Waals surface area contributed by atoms with Crippen LogP contribution in [0.25, 0.3) is 0 Å². The average Bonchev–Trinajstić information content (AvgIpc) is 3.01. The third kappa shape index (κ3) is 11.0. The lowest BCUT2D eigenvalue weighted by Gasteiger charge is -2.29. The number of carbonyl (C=O) groups is 4. The Bertz CT molecular complexity index is 634. The number of imide groups is 1. The highest BCUT2D eigenvalue weighted by molar-refractivity contribution is 6.12. The molecule has 3 amide bonds. The number of hydrogen-bond acceptors (Lipinski definition) is 8. The fourth-order valence-corrected chi connectivity index (χ4v) is 2.65. The van der Waals surface area contributed by atoms with E-state index in [-0.39, 0.29) is 51.5 Å². The monoisotopic (exact) mass is 442 g/mol. The molecule has 0 aliphatic carbocycles. The zero-order valence-corrected chi connectivity index (χ0v) is 18.7. The van der Waals surface area contributed by atoms with Crippen molar-refractivity contribution in [2.24, 2.45) is 0 Å². The Morgan fingerprint density at radius 3 is 2.35 bits per heavy atom. The lowest BCUT2D eigenvalue weighted by molar-refractivity contribution is -0.238. The molecule has 10 heteroatoms. The van der Waals surface area contributed by atoms with E-state index in [0.29, 0.717) is 6.42 Å². The van der Waals surface area contributed by atoms with Gasteiger partial charge in [0.15, 0.2) is 6.29 Å². The van der Waals surface area contributed by atoms with Crippen molar-refractivity contribution >= 4 is 23.7 Å². The van der Waals surface area contributed by atoms with E-state index in [1.807, 2.05) is 27.7 Å². The molecule has 0 saturated heterocycles. The summed E-state index contributed by atoms with van der Waals surface area (Å²) in [4.78, 5) is 47.7. The van der Waals surface area contributed by atoms with E-state index < -0.39 is 35.8 Å². The van der Waals surface area contributed by atoms with Gasteiger partial charge >= 0.3 is 5.97 Å². The zero-order valence-electron chi connectivity index (χ0n) is 18.7. The van der Waals surface area contributed by atoms with Crippen LogP contribution in [0, 0.1) is 0 Å². The predicted octanol–water partition coefficient (Wildman–Crippen LogP) is 0.670. The van der Waals surface area contributed by atoms with Crippen molar-refractivity contribution in [2.75, 3.05) is 26.3 Å². The fraction of sp³-hybridized carbons (Fsp3) is 0.714. The molecule has 176 valence electrons. The second kappa shape index (κ2) is 13.2. The Morgan fingerprint density at radius 1 is 1.16 bits per heavy atom. The van der Waals surface area contributed by atoms with E-state index in [4.69, 9.17) is 14.2 Å². The van der Waals surface area contributed by atoms with Crippen LogP contribution in [0.15, 0.2) is 12.2 Å². The first-order valence-corrected chi connectivity index (χ1v) is 10.5. The van der Waals surface area contributed by atoms with Crippen LogP contribution in [0.4, 0.5) is 0 Å². The lowest BCUT2D eigenvalue weighted by Crippen LogP contribution is -2.38. The SMILES string of the molecule is CCC(CO)OC(COC(=O)CCCC(=O)NCCN1C(=O)C=CC1=O)OC(C)(C)C. The number of aliphatic hydroxyl groups excluding tert-OH is 1. The van der Waals surface area contributed by atoms with Crippen molar-refractivity contribution in [3.05, 3.63) is 12.2 Å². The second-order valence-electron chi connectivity index (χ2n) is 8.06. The highest BCUT2D eigenvalue weighted by Gasteiger charge is 2.24. The van der Waals surface area contributed by atoms with E-state index in [0.717, 1.165) is 4.90 Å². The van der Waals surface area contributed by atoms with Crippen molar-refractivity contribution in [1.82, 2.24) is 10.2 Å². The van der Waals surface area contributed by atoms with Crippen LogP contribution < -0.4 is 5.32 Å². The van der Waals surface area contributed by atoms with Crippen molar-refractivity contribution in [3.8, 4) is 0 Å². The molecule has 1 aliphatic rings. The molecule has 1 aliphatic heterocycles. The molecule has 0 aromatic carbocycles. The summed E-state index contributed by atoms with van der Waals surface area (Å²) in [5, 5.41) is 11.9. The van der Waals surface area contributed by atoms with Crippen molar-refractivity contribution in [2.45, 2.75) is 71.4 Å². The van der Waals surface area contributed by atoms with Crippen molar-refractivity contribution in [3.63, 3.8) is 0 Å². The third-order valence-corrected chi connectivity index (χ3v) is 4.21. The largest absolute Gasteiger partial charge is 0.460 e. The van der Waals surface area contributed by atoms with Gasteiger partial charge in [-0.1, -0.05) is 6.92 Å². The summed E-state index contributed by atoms with van der Waals surface area (Å²) >= 11 is 0. The van der Waals surface area contributed by atoms with Gasteiger partial charge in [0.25, 0.3) is 11.8 Å². The minimum Gasteiger partial charge on any atom is -0.460 e. The second-order valence-corrected chi connectivity index (χ2v) is 8.06. The molecule has 0 fully saturated rings. The number of amides is 3. The normalized spacial score (nSPS) is 15.8. The molecule has 0 radical (unpaired) electrons. The first-order valence-electron chi connectivity index (χ1n) is 10.5. The molecule has 0 aromatic heterocycles. The first-order chi connectivity index (χ1) is 14.6. The average molecular weight is 443 g/mol. The van der Waals surface area contributed by atoms with Gasteiger partial charge in [0, 0.05) is 38.1 Å². The van der Waals surface area contributed by atoms with E-state index in [9.17, 15) is 24.3 Å². The van der Waals surface area contributed by atoms with Gasteiger partial charge in [0.1, 0.15) is 6.61 Å². The van der Waals surface area contributed by atoms with E-state index in [2.05, 4.69) is 5.32 Å². The van der Waals surface area contributed by atoms with Crippen LogP contribution >= 0.6 is 0 Å². The van der Waals surface area contributed by atoms with E-state index in [1.165, 1.54) is 12.2 Å². The summed E-state index contributed by atoms with van der Waals surface area (Å²) in [6.45, 7) is 7.35. The molecule has 31 heavy (non-hydrogen) atoms.